The molecule has 3 aliphatic carbocycles. The van der Waals surface area contributed by atoms with E-state index in [0.29, 0.717) is 23.7 Å². The van der Waals surface area contributed by atoms with Gasteiger partial charge in [-0.2, -0.15) is 0 Å². The summed E-state index contributed by atoms with van der Waals surface area (Å²) in [7, 11) is 0. The maximum atomic E-state index is 11.5. The Hall–Kier alpha value is -1.58. The van der Waals surface area contributed by atoms with Crippen LogP contribution in [0.15, 0.2) is 25.3 Å². The molecule has 0 amide bonds. The summed E-state index contributed by atoms with van der Waals surface area (Å²) in [6.45, 7) is 11.0. The maximum Gasteiger partial charge on any atom is 0.330 e. The van der Waals surface area contributed by atoms with E-state index in [1.807, 2.05) is 13.8 Å². The molecule has 132 valence electrons. The zero-order valence-corrected chi connectivity index (χ0v) is 14.6. The normalized spacial score (nSPS) is 38.9. The highest BCUT2D eigenvalue weighted by atomic mass is 16.5. The van der Waals surface area contributed by atoms with E-state index < -0.39 is 0 Å². The minimum atomic E-state index is -0.328. The Morgan fingerprint density at radius 2 is 1.46 bits per heavy atom. The van der Waals surface area contributed by atoms with Crippen molar-refractivity contribution in [3.63, 3.8) is 0 Å². The molecule has 0 heterocycles. The highest BCUT2D eigenvalue weighted by Crippen LogP contribution is 2.63. The van der Waals surface area contributed by atoms with Gasteiger partial charge in [0.25, 0.3) is 0 Å². The molecule has 0 spiro atoms. The fraction of sp³-hybridized carbons (Fsp3) is 0.700. The van der Waals surface area contributed by atoms with Gasteiger partial charge in [0.15, 0.2) is 0 Å². The Morgan fingerprint density at radius 3 is 2.08 bits per heavy atom. The topological polar surface area (TPSA) is 52.6 Å². The quantitative estimate of drug-likeness (QED) is 0.552. The molecule has 0 N–H and O–H groups in total. The fourth-order valence-electron chi connectivity index (χ4n) is 5.74. The minimum Gasteiger partial charge on any atom is -0.459 e. The van der Waals surface area contributed by atoms with Gasteiger partial charge in [-0.1, -0.05) is 13.2 Å². The summed E-state index contributed by atoms with van der Waals surface area (Å²) in [5, 5.41) is 0. The number of rotatable bonds is 6. The molecule has 3 saturated carbocycles. The van der Waals surface area contributed by atoms with Crippen LogP contribution in [0, 0.1) is 35.5 Å². The molecule has 3 aliphatic rings. The van der Waals surface area contributed by atoms with Gasteiger partial charge >= 0.3 is 11.9 Å². The van der Waals surface area contributed by atoms with Crippen molar-refractivity contribution < 1.29 is 19.1 Å². The van der Waals surface area contributed by atoms with Crippen LogP contribution >= 0.6 is 0 Å². The second-order valence-corrected chi connectivity index (χ2v) is 7.81. The van der Waals surface area contributed by atoms with Gasteiger partial charge in [-0.3, -0.25) is 0 Å². The van der Waals surface area contributed by atoms with Crippen LogP contribution in [-0.2, 0) is 19.1 Å². The lowest BCUT2D eigenvalue weighted by Crippen LogP contribution is -2.33. The van der Waals surface area contributed by atoms with Gasteiger partial charge in [0, 0.05) is 12.2 Å². The highest BCUT2D eigenvalue weighted by Gasteiger charge is 2.57. The third kappa shape index (κ3) is 3.03. The molecule has 8 atom stereocenters. The van der Waals surface area contributed by atoms with E-state index in [9.17, 15) is 9.59 Å². The number of hydrogen-bond acceptors (Lipinski definition) is 4. The molecule has 8 unspecified atom stereocenters. The lowest BCUT2D eigenvalue weighted by Gasteiger charge is -2.34. The highest BCUT2D eigenvalue weighted by molar-refractivity contribution is 5.81. The summed E-state index contributed by atoms with van der Waals surface area (Å²) in [5.41, 5.74) is 0. The van der Waals surface area contributed by atoms with Gasteiger partial charge in [-0.15, -0.1) is 0 Å². The predicted octanol–water partition coefficient (Wildman–Crippen LogP) is 3.52. The SMILES string of the molecule is C=CC(=O)OC(C)C1CC2C3CC(C(C)OC(=O)C=C)C(C3)C2C1. The molecule has 0 radical (unpaired) electrons. The van der Waals surface area contributed by atoms with Gasteiger partial charge < -0.3 is 9.47 Å². The van der Waals surface area contributed by atoms with Gasteiger partial charge in [0.05, 0.1) is 0 Å². The van der Waals surface area contributed by atoms with E-state index in [-0.39, 0.29) is 24.1 Å². The molecule has 4 nitrogen and oxygen atoms in total. The van der Waals surface area contributed by atoms with Crippen molar-refractivity contribution in [2.45, 2.75) is 51.7 Å². The fourth-order valence-corrected chi connectivity index (χ4v) is 5.74. The standard InChI is InChI=1S/C20H28O4/c1-5-19(21)23-11(3)13-7-16-14-9-15(12(4)24-20(22)6-2)17(10-14)18(16)8-13/h5-6,11-18H,1-2,7-10H2,3-4H3. The largest absolute Gasteiger partial charge is 0.459 e. The van der Waals surface area contributed by atoms with E-state index in [1.165, 1.54) is 18.6 Å². The Morgan fingerprint density at radius 1 is 0.875 bits per heavy atom. The number of hydrogen-bond donors (Lipinski definition) is 0. The first-order valence-corrected chi connectivity index (χ1v) is 9.10. The lowest BCUT2D eigenvalue weighted by molar-refractivity contribution is -0.146. The van der Waals surface area contributed by atoms with Crippen LogP contribution in [0.2, 0.25) is 0 Å². The second-order valence-electron chi connectivity index (χ2n) is 7.81. The second kappa shape index (κ2) is 6.73. The summed E-state index contributed by atoms with van der Waals surface area (Å²) in [6.07, 6.45) is 7.10. The van der Waals surface area contributed by atoms with Crippen molar-refractivity contribution in [1.82, 2.24) is 0 Å². The van der Waals surface area contributed by atoms with Crippen LogP contribution < -0.4 is 0 Å². The average Bonchev–Trinajstić information content (AvgIpc) is 3.24. The number of ether oxygens (including phenoxy) is 2. The average molecular weight is 332 g/mol. The minimum absolute atomic E-state index is 0.0403. The lowest BCUT2D eigenvalue weighted by atomic mass is 9.74. The molecule has 0 aromatic heterocycles. The molecular weight excluding hydrogens is 304 g/mol. The van der Waals surface area contributed by atoms with Gasteiger partial charge in [-0.25, -0.2) is 9.59 Å². The summed E-state index contributed by atoms with van der Waals surface area (Å²) < 4.78 is 10.9. The first-order chi connectivity index (χ1) is 11.4. The zero-order valence-electron chi connectivity index (χ0n) is 14.6. The van der Waals surface area contributed by atoms with Crippen LogP contribution in [0.1, 0.15) is 39.5 Å². The van der Waals surface area contributed by atoms with Gasteiger partial charge in [0.1, 0.15) is 12.2 Å². The van der Waals surface area contributed by atoms with E-state index in [2.05, 4.69) is 13.2 Å². The molecule has 0 saturated heterocycles. The predicted molar refractivity (Wildman–Crippen MR) is 90.9 cm³/mol. The van der Waals surface area contributed by atoms with Gasteiger partial charge in [-0.05, 0) is 75.0 Å². The molecule has 2 bridgehead atoms. The van der Waals surface area contributed by atoms with E-state index in [4.69, 9.17) is 9.47 Å². The van der Waals surface area contributed by atoms with Crippen LogP contribution in [-0.4, -0.2) is 24.1 Å². The van der Waals surface area contributed by atoms with Crippen molar-refractivity contribution >= 4 is 11.9 Å². The van der Waals surface area contributed by atoms with Crippen LogP contribution in [0.25, 0.3) is 0 Å². The third-order valence-corrected chi connectivity index (χ3v) is 6.76. The molecule has 4 heteroatoms. The first kappa shape index (κ1) is 17.2. The van der Waals surface area contributed by atoms with Gasteiger partial charge in [0.2, 0.25) is 0 Å². The van der Waals surface area contributed by atoms with Crippen molar-refractivity contribution in [3.8, 4) is 0 Å². The number of fused-ring (bicyclic) bond motifs is 5. The third-order valence-electron chi connectivity index (χ3n) is 6.76. The Labute approximate surface area is 144 Å². The maximum absolute atomic E-state index is 11.5. The molecule has 3 rings (SSSR count). The van der Waals surface area contributed by atoms with E-state index >= 15 is 0 Å². The molecule has 3 fully saturated rings. The molecule has 24 heavy (non-hydrogen) atoms. The summed E-state index contributed by atoms with van der Waals surface area (Å²) >= 11 is 0. The molecule has 0 aromatic rings. The van der Waals surface area contributed by atoms with Crippen molar-refractivity contribution in [1.29, 1.82) is 0 Å². The Bertz CT molecular complexity index is 540. The zero-order chi connectivity index (χ0) is 17.4. The Kier molecular flexibility index (Phi) is 4.84. The number of esters is 2. The van der Waals surface area contributed by atoms with Crippen molar-refractivity contribution in [3.05, 3.63) is 25.3 Å². The van der Waals surface area contributed by atoms with E-state index in [1.54, 1.807) is 0 Å². The van der Waals surface area contributed by atoms with Crippen LogP contribution in [0.3, 0.4) is 0 Å². The van der Waals surface area contributed by atoms with Crippen molar-refractivity contribution in [2.75, 3.05) is 0 Å². The van der Waals surface area contributed by atoms with Crippen LogP contribution in [0.5, 0.6) is 0 Å². The van der Waals surface area contributed by atoms with Crippen LogP contribution in [0.4, 0.5) is 0 Å². The van der Waals surface area contributed by atoms with Crippen molar-refractivity contribution in [2.24, 2.45) is 35.5 Å². The summed E-state index contributed by atoms with van der Waals surface area (Å²) in [4.78, 5) is 22.9. The smallest absolute Gasteiger partial charge is 0.330 e. The molecule has 0 aromatic carbocycles. The monoisotopic (exact) mass is 332 g/mol. The Balaban J connectivity index is 1.61. The number of carbonyl (C=O) groups is 2. The molecule has 0 aliphatic heterocycles. The molecular formula is C20H28O4. The summed E-state index contributed by atoms with van der Waals surface area (Å²) in [5.74, 6) is 3.07. The van der Waals surface area contributed by atoms with E-state index in [0.717, 1.165) is 31.1 Å². The first-order valence-electron chi connectivity index (χ1n) is 9.10. The summed E-state index contributed by atoms with van der Waals surface area (Å²) in [6, 6.07) is 0. The number of carbonyl (C=O) groups excluding carboxylic acids is 2.